The van der Waals surface area contributed by atoms with Crippen LogP contribution in [0.3, 0.4) is 0 Å². The third kappa shape index (κ3) is 6.87. The van der Waals surface area contributed by atoms with E-state index in [-0.39, 0.29) is 45.4 Å². The van der Waals surface area contributed by atoms with E-state index >= 15 is 4.39 Å². The summed E-state index contributed by atoms with van der Waals surface area (Å²) in [5.74, 6) is -0.756. The first-order valence-electron chi connectivity index (χ1n) is 17.3. The van der Waals surface area contributed by atoms with E-state index in [9.17, 15) is 9.59 Å². The van der Waals surface area contributed by atoms with Crippen molar-refractivity contribution in [1.82, 2.24) is 29.3 Å². The van der Waals surface area contributed by atoms with Crippen LogP contribution >= 0.6 is 11.6 Å². The van der Waals surface area contributed by atoms with Crippen LogP contribution in [0, 0.1) is 12.4 Å². The molecule has 0 saturated carbocycles. The molecule has 0 unspecified atom stereocenters. The van der Waals surface area contributed by atoms with Crippen molar-refractivity contribution >= 4 is 39.9 Å². The summed E-state index contributed by atoms with van der Waals surface area (Å²) in [6, 6.07) is 7.88. The molecule has 0 aliphatic carbocycles. The van der Waals surface area contributed by atoms with Gasteiger partial charge in [-0.15, -0.1) is 0 Å². The zero-order valence-corrected chi connectivity index (χ0v) is 29.8. The molecule has 260 valence electrons. The smallest absolute Gasteiger partial charge is 0.274 e. The number of hydrogen-bond donors (Lipinski definition) is 0. The van der Waals surface area contributed by atoms with Gasteiger partial charge in [-0.1, -0.05) is 63.9 Å². The van der Waals surface area contributed by atoms with Gasteiger partial charge in [-0.25, -0.2) is 24.2 Å². The van der Waals surface area contributed by atoms with Crippen molar-refractivity contribution in [1.29, 1.82) is 0 Å². The van der Waals surface area contributed by atoms with E-state index in [2.05, 4.69) is 19.7 Å². The number of halogens is 2. The maximum absolute atomic E-state index is 15.2. The predicted octanol–water partition coefficient (Wildman–Crippen LogP) is 7.12. The summed E-state index contributed by atoms with van der Waals surface area (Å²) >= 11 is 6.89. The summed E-state index contributed by atoms with van der Waals surface area (Å²) < 4.78 is 16.6. The molecule has 0 bridgehead atoms. The lowest BCUT2D eigenvalue weighted by Crippen LogP contribution is -2.48. The molecule has 10 nitrogen and oxygen atoms in total. The van der Waals surface area contributed by atoms with Gasteiger partial charge >= 0.3 is 0 Å². The van der Waals surface area contributed by atoms with Gasteiger partial charge in [0.1, 0.15) is 17.8 Å². The first-order chi connectivity index (χ1) is 24.1. The summed E-state index contributed by atoms with van der Waals surface area (Å²) in [4.78, 5) is 51.8. The van der Waals surface area contributed by atoms with Crippen molar-refractivity contribution in [3.63, 3.8) is 0 Å². The second-order valence-corrected chi connectivity index (χ2v) is 13.9. The molecule has 4 aromatic rings. The van der Waals surface area contributed by atoms with E-state index in [1.807, 2.05) is 38.7 Å². The Bertz CT molecular complexity index is 2010. The molecular weight excluding hydrogens is 655 g/mol. The number of piperidine rings is 1. The average molecular weight is 697 g/mol. The number of fused-ring (bicyclic) bond motifs is 1. The number of pyridine rings is 2. The Morgan fingerprint density at radius 2 is 1.64 bits per heavy atom. The van der Waals surface area contributed by atoms with Gasteiger partial charge < -0.3 is 9.80 Å². The molecule has 2 saturated heterocycles. The molecule has 1 amide bonds. The minimum atomic E-state index is -0.574. The fraction of sp³-hybridized carbons (Fsp3) is 0.421. The lowest BCUT2D eigenvalue weighted by Gasteiger charge is -2.37. The molecule has 3 aromatic heterocycles. The van der Waals surface area contributed by atoms with Crippen molar-refractivity contribution in [2.24, 2.45) is 0 Å². The Balaban J connectivity index is 1.47. The number of rotatable bonds is 8. The molecule has 50 heavy (non-hydrogen) atoms. The van der Waals surface area contributed by atoms with Gasteiger partial charge in [0.2, 0.25) is 5.91 Å². The standard InChI is InChI=1S/C38H42ClFN8O2/c1-24(2)31-36(32(25(3)4)43-23-42-31)48-37-27(22-28(39)33(44-37)26-12-7-8-13-29(26)40)35(34(41-5)38(48)50)47-20-18-46(19-21-47)30(49)14-11-17-45-15-9-6-10-16-45/h7-8,11-14,22-25H,6,9-10,15-21H2,1-4H3/b14-11+. The highest BCUT2D eigenvalue weighted by Gasteiger charge is 2.31. The van der Waals surface area contributed by atoms with Crippen LogP contribution in [0.4, 0.5) is 15.8 Å². The van der Waals surface area contributed by atoms with Crippen LogP contribution in [0.5, 0.6) is 0 Å². The SMILES string of the molecule is [C-]#[N+]c1c(N2CCN(C(=O)/C=C/CN3CCCCC3)CC2)c2cc(Cl)c(-c3ccccc3F)nc2n(-c2c(C(C)C)ncnc2C(C)C)c1=O. The minimum Gasteiger partial charge on any atom is -0.376 e. The number of aromatic nitrogens is 4. The number of anilines is 1. The molecule has 0 N–H and O–H groups in total. The van der Waals surface area contributed by atoms with Crippen LogP contribution in [0.15, 0.2) is 53.6 Å². The topological polar surface area (TPSA) is 91.8 Å². The van der Waals surface area contributed by atoms with E-state index in [0.29, 0.717) is 54.3 Å². The Labute approximate surface area is 297 Å². The summed E-state index contributed by atoms with van der Waals surface area (Å²) in [6.45, 7) is 20.6. The van der Waals surface area contributed by atoms with Gasteiger partial charge in [0.15, 0.2) is 0 Å². The van der Waals surface area contributed by atoms with E-state index in [1.54, 1.807) is 35.2 Å². The van der Waals surface area contributed by atoms with Gasteiger partial charge in [0, 0.05) is 49.7 Å². The monoisotopic (exact) mass is 696 g/mol. The van der Waals surface area contributed by atoms with Gasteiger partial charge in [0.05, 0.1) is 40.1 Å². The second-order valence-electron chi connectivity index (χ2n) is 13.5. The number of likely N-dealkylation sites (tertiary alicyclic amines) is 1. The van der Waals surface area contributed by atoms with Crippen LogP contribution in [-0.2, 0) is 4.79 Å². The van der Waals surface area contributed by atoms with Crippen LogP contribution in [0.2, 0.25) is 5.02 Å². The predicted molar refractivity (Wildman–Crippen MR) is 196 cm³/mol. The van der Waals surface area contributed by atoms with Crippen LogP contribution < -0.4 is 10.5 Å². The van der Waals surface area contributed by atoms with Crippen molar-refractivity contribution in [2.45, 2.75) is 58.8 Å². The third-order valence-corrected chi connectivity index (χ3v) is 9.76. The van der Waals surface area contributed by atoms with Gasteiger partial charge in [-0.2, -0.15) is 0 Å². The van der Waals surface area contributed by atoms with Gasteiger partial charge in [0.25, 0.3) is 11.2 Å². The maximum atomic E-state index is 15.2. The van der Waals surface area contributed by atoms with Crippen LogP contribution in [-0.4, -0.2) is 81.0 Å². The maximum Gasteiger partial charge on any atom is 0.274 e. The van der Waals surface area contributed by atoms with Crippen LogP contribution in [0.1, 0.15) is 70.2 Å². The summed E-state index contributed by atoms with van der Waals surface area (Å²) in [5.41, 5.74) is 2.02. The zero-order chi connectivity index (χ0) is 35.5. The number of hydrogen-bond acceptors (Lipinski definition) is 7. The Kier molecular flexibility index (Phi) is 10.6. The summed E-state index contributed by atoms with van der Waals surface area (Å²) in [7, 11) is 0. The minimum absolute atomic E-state index is 0.0573. The number of carbonyl (C=O) groups excluding carboxylic acids is 1. The molecule has 2 aliphatic rings. The highest BCUT2D eigenvalue weighted by Crippen LogP contribution is 2.40. The Hall–Kier alpha value is -4.66. The Morgan fingerprint density at radius 3 is 2.26 bits per heavy atom. The lowest BCUT2D eigenvalue weighted by molar-refractivity contribution is -0.126. The quantitative estimate of drug-likeness (QED) is 0.143. The van der Waals surface area contributed by atoms with Crippen molar-refractivity contribution in [3.05, 3.63) is 92.8 Å². The van der Waals surface area contributed by atoms with Crippen molar-refractivity contribution in [2.75, 3.05) is 50.7 Å². The fourth-order valence-corrected chi connectivity index (χ4v) is 7.16. The third-order valence-electron chi connectivity index (χ3n) is 9.47. The lowest BCUT2D eigenvalue weighted by atomic mass is 10.0. The van der Waals surface area contributed by atoms with Crippen LogP contribution in [0.25, 0.3) is 32.8 Å². The highest BCUT2D eigenvalue weighted by molar-refractivity contribution is 6.34. The summed E-state index contributed by atoms with van der Waals surface area (Å²) in [5, 5.41) is 0.644. The molecule has 2 fully saturated rings. The molecule has 1 aromatic carbocycles. The molecular formula is C38H42ClFN8O2. The molecule has 2 aliphatic heterocycles. The zero-order valence-electron chi connectivity index (χ0n) is 29.0. The van der Waals surface area contributed by atoms with E-state index in [1.165, 1.54) is 36.2 Å². The highest BCUT2D eigenvalue weighted by atomic mass is 35.5. The van der Waals surface area contributed by atoms with E-state index in [0.717, 1.165) is 19.6 Å². The summed E-state index contributed by atoms with van der Waals surface area (Å²) in [6.07, 6.45) is 8.73. The molecule has 0 atom stereocenters. The second kappa shape index (κ2) is 15.1. The van der Waals surface area contributed by atoms with Gasteiger partial charge in [-0.3, -0.25) is 19.1 Å². The molecule has 0 radical (unpaired) electrons. The van der Waals surface area contributed by atoms with Gasteiger partial charge in [-0.05, 0) is 56.0 Å². The fourth-order valence-electron chi connectivity index (χ4n) is 6.91. The largest absolute Gasteiger partial charge is 0.376 e. The molecule has 12 heteroatoms. The number of amides is 1. The Morgan fingerprint density at radius 1 is 0.980 bits per heavy atom. The van der Waals surface area contributed by atoms with E-state index in [4.69, 9.17) is 23.2 Å². The van der Waals surface area contributed by atoms with Crippen molar-refractivity contribution in [3.8, 4) is 16.9 Å². The number of nitrogens with zero attached hydrogens (tertiary/aromatic N) is 8. The molecule has 5 heterocycles. The molecule has 0 spiro atoms. The number of benzene rings is 1. The number of piperazine rings is 1. The van der Waals surface area contributed by atoms with Crippen molar-refractivity contribution < 1.29 is 9.18 Å². The average Bonchev–Trinajstić information content (AvgIpc) is 3.11. The number of carbonyl (C=O) groups is 1. The first kappa shape index (κ1) is 35.2. The molecule has 6 rings (SSSR count). The van der Waals surface area contributed by atoms with E-state index < -0.39 is 11.4 Å². The first-order valence-corrected chi connectivity index (χ1v) is 17.7. The normalized spacial score (nSPS) is 15.8.